The molecule has 1 N–H and O–H groups in total. The first kappa shape index (κ1) is 18.2. The Morgan fingerprint density at radius 2 is 1.33 bits per heavy atom. The second kappa shape index (κ2) is 8.62. The molecule has 0 radical (unpaired) electrons. The molecule has 0 bridgehead atoms. The van der Waals surface area contributed by atoms with Crippen LogP contribution in [0.5, 0.6) is 0 Å². The average molecular weight is 325 g/mol. The van der Waals surface area contributed by atoms with E-state index in [1.807, 2.05) is 81.6 Å². The molecule has 0 aliphatic heterocycles. The van der Waals surface area contributed by atoms with Gasteiger partial charge < -0.3 is 10.2 Å². The van der Waals surface area contributed by atoms with E-state index in [0.717, 1.165) is 5.56 Å². The van der Waals surface area contributed by atoms with Crippen molar-refractivity contribution in [3.63, 3.8) is 0 Å². The van der Waals surface area contributed by atoms with Gasteiger partial charge in [0.05, 0.1) is 6.04 Å². The zero-order valence-electron chi connectivity index (χ0n) is 14.9. The van der Waals surface area contributed by atoms with Crippen LogP contribution in [-0.4, -0.2) is 50.4 Å². The Morgan fingerprint density at radius 3 is 1.79 bits per heavy atom. The Hall–Kier alpha value is -2.17. The molecule has 4 heteroatoms. The van der Waals surface area contributed by atoms with E-state index in [2.05, 4.69) is 22.3 Å². The number of carbonyl (C=O) groups excluding carboxylic acids is 1. The first-order chi connectivity index (χ1) is 11.5. The highest BCUT2D eigenvalue weighted by molar-refractivity contribution is 5.83. The maximum absolute atomic E-state index is 12.8. The average Bonchev–Trinajstić information content (AvgIpc) is 2.56. The van der Waals surface area contributed by atoms with Crippen molar-refractivity contribution in [2.24, 2.45) is 0 Å². The van der Waals surface area contributed by atoms with Crippen LogP contribution in [0.3, 0.4) is 0 Å². The Morgan fingerprint density at radius 1 is 0.833 bits per heavy atom. The number of rotatable bonds is 7. The van der Waals surface area contributed by atoms with Crippen LogP contribution >= 0.6 is 0 Å². The molecule has 0 spiro atoms. The molecular weight excluding hydrogens is 298 g/mol. The zero-order chi connectivity index (χ0) is 17.5. The summed E-state index contributed by atoms with van der Waals surface area (Å²) in [6.07, 6.45) is 0. The van der Waals surface area contributed by atoms with Crippen LogP contribution in [0, 0.1) is 0 Å². The summed E-state index contributed by atoms with van der Waals surface area (Å²) in [6.45, 7) is 0.576. The van der Waals surface area contributed by atoms with Gasteiger partial charge in [0.1, 0.15) is 6.04 Å². The van der Waals surface area contributed by atoms with Crippen LogP contribution in [0.4, 0.5) is 0 Å². The van der Waals surface area contributed by atoms with Gasteiger partial charge in [-0.15, -0.1) is 0 Å². The molecule has 2 aromatic carbocycles. The summed E-state index contributed by atoms with van der Waals surface area (Å²) in [7, 11) is 7.92. The number of hydrogen-bond donors (Lipinski definition) is 1. The third-order valence-electron chi connectivity index (χ3n) is 4.16. The molecule has 128 valence electrons. The summed E-state index contributed by atoms with van der Waals surface area (Å²) in [5.74, 6) is 0.0222. The van der Waals surface area contributed by atoms with E-state index < -0.39 is 0 Å². The van der Waals surface area contributed by atoms with E-state index in [0.29, 0.717) is 6.54 Å². The minimum absolute atomic E-state index is 0.0222. The molecule has 2 rings (SSSR count). The number of nitrogens with one attached hydrogen (secondary N) is 1. The summed E-state index contributed by atoms with van der Waals surface area (Å²) in [5, 5.41) is 3.12. The first-order valence-corrected chi connectivity index (χ1v) is 8.21. The molecule has 0 saturated heterocycles. The van der Waals surface area contributed by atoms with E-state index in [9.17, 15) is 4.79 Å². The van der Waals surface area contributed by atoms with Crippen molar-refractivity contribution in [1.29, 1.82) is 0 Å². The highest BCUT2D eigenvalue weighted by Crippen LogP contribution is 2.20. The highest BCUT2D eigenvalue weighted by atomic mass is 16.2. The monoisotopic (exact) mass is 325 g/mol. The SMILES string of the molecule is CN(C)C(CNC(=O)C(c1ccccc1)N(C)C)c1ccccc1. The minimum atomic E-state index is -0.287. The van der Waals surface area contributed by atoms with Crippen LogP contribution in [0.2, 0.25) is 0 Å². The lowest BCUT2D eigenvalue weighted by Gasteiger charge is -2.28. The first-order valence-electron chi connectivity index (χ1n) is 8.21. The lowest BCUT2D eigenvalue weighted by Crippen LogP contribution is -2.41. The van der Waals surface area contributed by atoms with Crippen molar-refractivity contribution in [2.75, 3.05) is 34.7 Å². The van der Waals surface area contributed by atoms with Gasteiger partial charge in [0.25, 0.3) is 0 Å². The fraction of sp³-hybridized carbons (Fsp3) is 0.350. The molecule has 0 aromatic heterocycles. The van der Waals surface area contributed by atoms with Gasteiger partial charge in [-0.2, -0.15) is 0 Å². The predicted molar refractivity (Wildman–Crippen MR) is 98.7 cm³/mol. The number of likely N-dealkylation sites (N-methyl/N-ethyl adjacent to an activating group) is 2. The normalized spacial score (nSPS) is 13.8. The third kappa shape index (κ3) is 4.66. The molecule has 0 aliphatic rings. The molecule has 4 nitrogen and oxygen atoms in total. The zero-order valence-corrected chi connectivity index (χ0v) is 14.9. The molecule has 0 saturated carbocycles. The van der Waals surface area contributed by atoms with Crippen molar-refractivity contribution >= 4 is 5.91 Å². The number of hydrogen-bond acceptors (Lipinski definition) is 3. The van der Waals surface area contributed by atoms with Gasteiger partial charge in [-0.25, -0.2) is 0 Å². The number of carbonyl (C=O) groups is 1. The Kier molecular flexibility index (Phi) is 6.53. The third-order valence-corrected chi connectivity index (χ3v) is 4.16. The molecule has 0 heterocycles. The Bertz CT molecular complexity index is 626. The molecule has 24 heavy (non-hydrogen) atoms. The van der Waals surface area contributed by atoms with Gasteiger partial charge >= 0.3 is 0 Å². The summed E-state index contributed by atoms with van der Waals surface area (Å²) < 4.78 is 0. The van der Waals surface area contributed by atoms with Gasteiger partial charge in [-0.3, -0.25) is 9.69 Å². The number of amides is 1. The van der Waals surface area contributed by atoms with Crippen LogP contribution in [0.25, 0.3) is 0 Å². The lowest BCUT2D eigenvalue weighted by molar-refractivity contribution is -0.126. The summed E-state index contributed by atoms with van der Waals surface area (Å²) >= 11 is 0. The van der Waals surface area contributed by atoms with Crippen LogP contribution in [0.1, 0.15) is 23.2 Å². The summed E-state index contributed by atoms with van der Waals surface area (Å²) in [4.78, 5) is 16.8. The van der Waals surface area contributed by atoms with E-state index in [1.165, 1.54) is 5.56 Å². The van der Waals surface area contributed by atoms with Crippen molar-refractivity contribution in [2.45, 2.75) is 12.1 Å². The fourth-order valence-electron chi connectivity index (χ4n) is 2.89. The molecule has 1 amide bonds. The topological polar surface area (TPSA) is 35.6 Å². The number of nitrogens with zero attached hydrogens (tertiary/aromatic N) is 2. The van der Waals surface area contributed by atoms with Gasteiger partial charge in [0.2, 0.25) is 5.91 Å². The van der Waals surface area contributed by atoms with Crippen LogP contribution < -0.4 is 5.32 Å². The minimum Gasteiger partial charge on any atom is -0.353 e. The molecular formula is C20H27N3O. The molecule has 0 aliphatic carbocycles. The van der Waals surface area contributed by atoms with Crippen LogP contribution in [0.15, 0.2) is 60.7 Å². The molecule has 2 atom stereocenters. The molecule has 2 unspecified atom stereocenters. The van der Waals surface area contributed by atoms with Gasteiger partial charge in [-0.1, -0.05) is 60.7 Å². The maximum Gasteiger partial charge on any atom is 0.242 e. The fourth-order valence-corrected chi connectivity index (χ4v) is 2.89. The predicted octanol–water partition coefficient (Wildman–Crippen LogP) is 2.71. The van der Waals surface area contributed by atoms with Crippen molar-refractivity contribution < 1.29 is 4.79 Å². The molecule has 2 aromatic rings. The maximum atomic E-state index is 12.8. The summed E-state index contributed by atoms with van der Waals surface area (Å²) in [6, 6.07) is 20.0. The van der Waals surface area contributed by atoms with Crippen molar-refractivity contribution in [3.8, 4) is 0 Å². The van der Waals surface area contributed by atoms with Crippen molar-refractivity contribution in [3.05, 3.63) is 71.8 Å². The van der Waals surface area contributed by atoms with E-state index in [-0.39, 0.29) is 18.0 Å². The smallest absolute Gasteiger partial charge is 0.242 e. The Labute approximate surface area is 145 Å². The van der Waals surface area contributed by atoms with E-state index in [4.69, 9.17) is 0 Å². The van der Waals surface area contributed by atoms with E-state index >= 15 is 0 Å². The van der Waals surface area contributed by atoms with E-state index in [1.54, 1.807) is 0 Å². The number of benzene rings is 2. The summed E-state index contributed by atoms with van der Waals surface area (Å²) in [5.41, 5.74) is 2.20. The van der Waals surface area contributed by atoms with Gasteiger partial charge in [-0.05, 0) is 39.3 Å². The van der Waals surface area contributed by atoms with Crippen LogP contribution in [-0.2, 0) is 4.79 Å². The standard InChI is InChI=1S/C20H27N3O/c1-22(2)18(16-11-7-5-8-12-16)15-21-20(24)19(23(3)4)17-13-9-6-10-14-17/h5-14,18-19H,15H2,1-4H3,(H,21,24). The lowest BCUT2D eigenvalue weighted by atomic mass is 10.0. The second-order valence-electron chi connectivity index (χ2n) is 6.41. The quantitative estimate of drug-likeness (QED) is 0.850. The van der Waals surface area contributed by atoms with Gasteiger partial charge in [0.15, 0.2) is 0 Å². The Balaban J connectivity index is 2.09. The second-order valence-corrected chi connectivity index (χ2v) is 6.41. The largest absolute Gasteiger partial charge is 0.353 e. The highest BCUT2D eigenvalue weighted by Gasteiger charge is 2.24. The van der Waals surface area contributed by atoms with Crippen molar-refractivity contribution in [1.82, 2.24) is 15.1 Å². The molecule has 0 fully saturated rings. The van der Waals surface area contributed by atoms with Gasteiger partial charge in [0, 0.05) is 6.54 Å².